The number of amides is 2. The monoisotopic (exact) mass is 490 g/mol. The standard InChI is InChI=1S/C24H31BrN2O4/c1-16(2)13-26-24(29)18(4)27(14-19-6-8-20(30-5)9-7-19)23(28)15-31-21-10-11-22(25)17(3)12-21/h6-12,16,18H,13-15H2,1-5H3,(H,26,29)/t18-/m1/s1. The molecule has 0 heterocycles. The third-order valence-electron chi connectivity index (χ3n) is 4.86. The van der Waals surface area contributed by atoms with E-state index in [1.807, 2.05) is 57.2 Å². The summed E-state index contributed by atoms with van der Waals surface area (Å²) >= 11 is 3.46. The molecule has 31 heavy (non-hydrogen) atoms. The molecule has 2 aromatic rings. The third kappa shape index (κ3) is 7.58. The van der Waals surface area contributed by atoms with Gasteiger partial charge < -0.3 is 19.7 Å². The van der Waals surface area contributed by atoms with Crippen LogP contribution in [0.3, 0.4) is 0 Å². The number of nitrogens with one attached hydrogen (secondary N) is 1. The van der Waals surface area contributed by atoms with Crippen LogP contribution in [0.5, 0.6) is 11.5 Å². The first kappa shape index (κ1) is 24.7. The lowest BCUT2D eigenvalue weighted by Crippen LogP contribution is -2.49. The molecule has 0 unspecified atom stereocenters. The van der Waals surface area contributed by atoms with Crippen LogP contribution < -0.4 is 14.8 Å². The molecule has 1 N–H and O–H groups in total. The highest BCUT2D eigenvalue weighted by atomic mass is 79.9. The average molecular weight is 491 g/mol. The Balaban J connectivity index is 2.14. The van der Waals surface area contributed by atoms with Gasteiger partial charge in [-0.05, 0) is 61.2 Å². The Bertz CT molecular complexity index is 884. The number of methoxy groups -OCH3 is 1. The summed E-state index contributed by atoms with van der Waals surface area (Å²) in [4.78, 5) is 27.3. The zero-order valence-electron chi connectivity index (χ0n) is 18.8. The van der Waals surface area contributed by atoms with Gasteiger partial charge in [-0.2, -0.15) is 0 Å². The molecular weight excluding hydrogens is 460 g/mol. The van der Waals surface area contributed by atoms with Crippen molar-refractivity contribution >= 4 is 27.7 Å². The van der Waals surface area contributed by atoms with Gasteiger partial charge in [-0.1, -0.05) is 41.9 Å². The Kier molecular flexibility index (Phi) is 9.37. The van der Waals surface area contributed by atoms with E-state index >= 15 is 0 Å². The quantitative estimate of drug-likeness (QED) is 0.537. The summed E-state index contributed by atoms with van der Waals surface area (Å²) in [6.45, 7) is 8.44. The number of carbonyl (C=O) groups excluding carboxylic acids is 2. The normalized spacial score (nSPS) is 11.7. The van der Waals surface area contributed by atoms with Crippen molar-refractivity contribution in [1.82, 2.24) is 10.2 Å². The van der Waals surface area contributed by atoms with Crippen LogP contribution >= 0.6 is 15.9 Å². The highest BCUT2D eigenvalue weighted by Gasteiger charge is 2.26. The fourth-order valence-electron chi connectivity index (χ4n) is 2.90. The highest BCUT2D eigenvalue weighted by molar-refractivity contribution is 9.10. The van der Waals surface area contributed by atoms with Crippen LogP contribution in [0.2, 0.25) is 0 Å². The van der Waals surface area contributed by atoms with Crippen molar-refractivity contribution in [2.45, 2.75) is 40.3 Å². The molecule has 0 aromatic heterocycles. The molecule has 6 nitrogen and oxygen atoms in total. The molecule has 168 valence electrons. The van der Waals surface area contributed by atoms with E-state index in [0.717, 1.165) is 21.3 Å². The number of hydrogen-bond acceptors (Lipinski definition) is 4. The molecule has 2 aromatic carbocycles. The van der Waals surface area contributed by atoms with E-state index in [1.165, 1.54) is 0 Å². The Morgan fingerprint density at radius 3 is 2.29 bits per heavy atom. The molecule has 0 aliphatic rings. The Hall–Kier alpha value is -2.54. The summed E-state index contributed by atoms with van der Waals surface area (Å²) in [6.07, 6.45) is 0. The van der Waals surface area contributed by atoms with Gasteiger partial charge >= 0.3 is 0 Å². The van der Waals surface area contributed by atoms with E-state index in [1.54, 1.807) is 25.0 Å². The second kappa shape index (κ2) is 11.7. The minimum absolute atomic E-state index is 0.154. The van der Waals surface area contributed by atoms with Gasteiger partial charge in [-0.3, -0.25) is 9.59 Å². The average Bonchev–Trinajstić information content (AvgIpc) is 2.76. The molecule has 0 saturated heterocycles. The van der Waals surface area contributed by atoms with Crippen molar-refractivity contribution in [2.75, 3.05) is 20.3 Å². The smallest absolute Gasteiger partial charge is 0.261 e. The van der Waals surface area contributed by atoms with Gasteiger partial charge in [0.15, 0.2) is 6.61 Å². The molecule has 0 radical (unpaired) electrons. The molecule has 1 atom stereocenters. The molecule has 0 fully saturated rings. The van der Waals surface area contributed by atoms with E-state index in [4.69, 9.17) is 9.47 Å². The fraction of sp³-hybridized carbons (Fsp3) is 0.417. The number of rotatable bonds is 10. The van der Waals surface area contributed by atoms with Gasteiger partial charge in [-0.15, -0.1) is 0 Å². The van der Waals surface area contributed by atoms with E-state index < -0.39 is 6.04 Å². The Morgan fingerprint density at radius 1 is 1.06 bits per heavy atom. The zero-order chi connectivity index (χ0) is 23.0. The minimum atomic E-state index is -0.636. The maximum Gasteiger partial charge on any atom is 0.261 e. The van der Waals surface area contributed by atoms with Crippen LogP contribution in [-0.4, -0.2) is 43.0 Å². The van der Waals surface area contributed by atoms with Gasteiger partial charge in [-0.25, -0.2) is 0 Å². The van der Waals surface area contributed by atoms with Crippen LogP contribution in [0.4, 0.5) is 0 Å². The number of nitrogens with zero attached hydrogens (tertiary/aromatic N) is 1. The van der Waals surface area contributed by atoms with Crippen molar-refractivity contribution in [1.29, 1.82) is 0 Å². The molecular formula is C24H31BrN2O4. The van der Waals surface area contributed by atoms with E-state index in [0.29, 0.717) is 24.8 Å². The first-order valence-corrected chi connectivity index (χ1v) is 11.1. The molecule has 2 amide bonds. The van der Waals surface area contributed by atoms with Crippen LogP contribution in [0, 0.1) is 12.8 Å². The first-order chi connectivity index (χ1) is 14.7. The zero-order valence-corrected chi connectivity index (χ0v) is 20.4. The van der Waals surface area contributed by atoms with Gasteiger partial charge in [0.1, 0.15) is 17.5 Å². The molecule has 0 spiro atoms. The van der Waals surface area contributed by atoms with Crippen molar-refractivity contribution in [2.24, 2.45) is 5.92 Å². The van der Waals surface area contributed by atoms with E-state index in [-0.39, 0.29) is 18.4 Å². The summed E-state index contributed by atoms with van der Waals surface area (Å²) in [5, 5.41) is 2.91. The number of halogens is 1. The second-order valence-electron chi connectivity index (χ2n) is 7.88. The Labute approximate surface area is 193 Å². The molecule has 7 heteroatoms. The van der Waals surface area contributed by atoms with Crippen LogP contribution in [0.1, 0.15) is 31.9 Å². The molecule has 0 aliphatic heterocycles. The van der Waals surface area contributed by atoms with Crippen molar-refractivity contribution in [3.05, 3.63) is 58.1 Å². The van der Waals surface area contributed by atoms with Crippen LogP contribution in [-0.2, 0) is 16.1 Å². The summed E-state index contributed by atoms with van der Waals surface area (Å²) in [7, 11) is 1.60. The van der Waals surface area contributed by atoms with Crippen LogP contribution in [0.15, 0.2) is 46.9 Å². The summed E-state index contributed by atoms with van der Waals surface area (Å²) in [5.74, 6) is 1.22. The SMILES string of the molecule is COc1ccc(CN(C(=O)COc2ccc(Br)c(C)c2)[C@H](C)C(=O)NCC(C)C)cc1. The van der Waals surface area contributed by atoms with Crippen molar-refractivity contribution < 1.29 is 19.1 Å². The van der Waals surface area contributed by atoms with Gasteiger partial charge in [0, 0.05) is 17.6 Å². The number of aryl methyl sites for hydroxylation is 1. The minimum Gasteiger partial charge on any atom is -0.497 e. The predicted octanol–water partition coefficient (Wildman–Crippen LogP) is 4.33. The topological polar surface area (TPSA) is 67.9 Å². The molecule has 0 saturated carbocycles. The first-order valence-electron chi connectivity index (χ1n) is 10.3. The lowest BCUT2D eigenvalue weighted by atomic mass is 10.1. The van der Waals surface area contributed by atoms with Gasteiger partial charge in [0.05, 0.1) is 7.11 Å². The number of benzene rings is 2. The predicted molar refractivity (Wildman–Crippen MR) is 125 cm³/mol. The van der Waals surface area contributed by atoms with Crippen molar-refractivity contribution in [3.8, 4) is 11.5 Å². The fourth-order valence-corrected chi connectivity index (χ4v) is 3.14. The maximum absolute atomic E-state index is 13.1. The van der Waals surface area contributed by atoms with E-state index in [9.17, 15) is 9.59 Å². The second-order valence-corrected chi connectivity index (χ2v) is 8.74. The van der Waals surface area contributed by atoms with Crippen LogP contribution in [0.25, 0.3) is 0 Å². The summed E-state index contributed by atoms with van der Waals surface area (Å²) in [5.41, 5.74) is 1.92. The lowest BCUT2D eigenvalue weighted by Gasteiger charge is -2.29. The number of ether oxygens (including phenoxy) is 2. The lowest BCUT2D eigenvalue weighted by molar-refractivity contribution is -0.142. The summed E-state index contributed by atoms with van der Waals surface area (Å²) in [6, 6.07) is 12.4. The highest BCUT2D eigenvalue weighted by Crippen LogP contribution is 2.22. The van der Waals surface area contributed by atoms with Crippen molar-refractivity contribution in [3.63, 3.8) is 0 Å². The van der Waals surface area contributed by atoms with Gasteiger partial charge in [0.25, 0.3) is 5.91 Å². The maximum atomic E-state index is 13.1. The number of carbonyl (C=O) groups is 2. The van der Waals surface area contributed by atoms with E-state index in [2.05, 4.69) is 21.2 Å². The molecule has 2 rings (SSSR count). The summed E-state index contributed by atoms with van der Waals surface area (Å²) < 4.78 is 11.9. The Morgan fingerprint density at radius 2 is 1.71 bits per heavy atom. The molecule has 0 bridgehead atoms. The third-order valence-corrected chi connectivity index (χ3v) is 5.75. The largest absolute Gasteiger partial charge is 0.497 e. The number of hydrogen-bond donors (Lipinski definition) is 1. The molecule has 0 aliphatic carbocycles. The van der Waals surface area contributed by atoms with Gasteiger partial charge in [0.2, 0.25) is 5.91 Å².